The number of ether oxygens (including phenoxy) is 1. The molecule has 0 aromatic heterocycles. The zero-order valence-electron chi connectivity index (χ0n) is 11.5. The molecule has 1 heterocycles. The molecule has 0 amide bonds. The molecule has 1 unspecified atom stereocenters. The van der Waals surface area contributed by atoms with Gasteiger partial charge in [-0.15, -0.1) is 0 Å². The molecular weight excluding hydrogens is 200 g/mol. The summed E-state index contributed by atoms with van der Waals surface area (Å²) in [6.45, 7) is 14.3. The molecule has 1 aliphatic rings. The van der Waals surface area contributed by atoms with Crippen LogP contribution in [0.5, 0.6) is 0 Å². The zero-order chi connectivity index (χ0) is 12.1. The molecule has 3 nitrogen and oxygen atoms in total. The van der Waals surface area contributed by atoms with Crippen molar-refractivity contribution in [1.82, 2.24) is 10.2 Å². The Morgan fingerprint density at radius 3 is 2.25 bits per heavy atom. The number of nitrogens with one attached hydrogen (secondary N) is 1. The number of rotatable bonds is 5. The molecule has 3 atom stereocenters. The standard InChI is InChI=1S/C13H28N2O/c1-6-13(7-14-10(2)3)15-8-11(4)16-12(5)9-15/h10-14H,6-9H2,1-5H3/t11-,12+,13?. The Hall–Kier alpha value is -0.120. The Morgan fingerprint density at radius 2 is 1.81 bits per heavy atom. The van der Waals surface area contributed by atoms with Crippen LogP contribution in [0.4, 0.5) is 0 Å². The Bertz CT molecular complexity index is 186. The lowest BCUT2D eigenvalue weighted by atomic mass is 10.1. The van der Waals surface area contributed by atoms with Gasteiger partial charge >= 0.3 is 0 Å². The van der Waals surface area contributed by atoms with Crippen LogP contribution in [0.3, 0.4) is 0 Å². The van der Waals surface area contributed by atoms with Crippen LogP contribution in [0, 0.1) is 0 Å². The first-order valence-electron chi connectivity index (χ1n) is 6.65. The summed E-state index contributed by atoms with van der Waals surface area (Å²) in [6, 6.07) is 1.22. The number of nitrogens with zero attached hydrogens (tertiary/aromatic N) is 1. The summed E-state index contributed by atoms with van der Waals surface area (Å²) in [7, 11) is 0. The van der Waals surface area contributed by atoms with Gasteiger partial charge in [-0.2, -0.15) is 0 Å². The molecule has 1 N–H and O–H groups in total. The van der Waals surface area contributed by atoms with Gasteiger partial charge in [-0.1, -0.05) is 20.8 Å². The second-order valence-corrected chi connectivity index (χ2v) is 5.34. The Balaban J connectivity index is 2.44. The van der Waals surface area contributed by atoms with E-state index in [0.717, 1.165) is 19.6 Å². The molecule has 0 aromatic carbocycles. The van der Waals surface area contributed by atoms with Crippen LogP contribution in [-0.4, -0.2) is 48.8 Å². The normalized spacial score (nSPS) is 29.6. The Morgan fingerprint density at radius 1 is 1.25 bits per heavy atom. The maximum Gasteiger partial charge on any atom is 0.0678 e. The van der Waals surface area contributed by atoms with E-state index in [9.17, 15) is 0 Å². The van der Waals surface area contributed by atoms with Gasteiger partial charge in [0.2, 0.25) is 0 Å². The van der Waals surface area contributed by atoms with Gasteiger partial charge in [0.15, 0.2) is 0 Å². The van der Waals surface area contributed by atoms with E-state index in [0.29, 0.717) is 24.3 Å². The maximum atomic E-state index is 5.77. The van der Waals surface area contributed by atoms with Crippen LogP contribution >= 0.6 is 0 Å². The third-order valence-corrected chi connectivity index (χ3v) is 3.20. The van der Waals surface area contributed by atoms with Crippen molar-refractivity contribution in [2.24, 2.45) is 0 Å². The number of hydrogen-bond acceptors (Lipinski definition) is 3. The second-order valence-electron chi connectivity index (χ2n) is 5.34. The highest BCUT2D eigenvalue weighted by atomic mass is 16.5. The molecule has 16 heavy (non-hydrogen) atoms. The van der Waals surface area contributed by atoms with Gasteiger partial charge in [-0.05, 0) is 20.3 Å². The lowest BCUT2D eigenvalue weighted by Gasteiger charge is -2.40. The fraction of sp³-hybridized carbons (Fsp3) is 1.00. The van der Waals surface area contributed by atoms with E-state index in [2.05, 4.69) is 44.8 Å². The Labute approximate surface area is 101 Å². The molecule has 0 aliphatic carbocycles. The lowest BCUT2D eigenvalue weighted by molar-refractivity contribution is -0.0805. The van der Waals surface area contributed by atoms with Crippen LogP contribution in [0.1, 0.15) is 41.0 Å². The highest BCUT2D eigenvalue weighted by molar-refractivity contribution is 4.80. The van der Waals surface area contributed by atoms with Gasteiger partial charge in [0.1, 0.15) is 0 Å². The monoisotopic (exact) mass is 228 g/mol. The van der Waals surface area contributed by atoms with Gasteiger partial charge in [-0.3, -0.25) is 4.90 Å². The first kappa shape index (κ1) is 13.9. The number of morpholine rings is 1. The van der Waals surface area contributed by atoms with E-state index >= 15 is 0 Å². The van der Waals surface area contributed by atoms with Crippen molar-refractivity contribution in [3.63, 3.8) is 0 Å². The average molecular weight is 228 g/mol. The van der Waals surface area contributed by atoms with E-state index in [-0.39, 0.29) is 0 Å². The Kier molecular flexibility index (Phi) is 5.73. The summed E-state index contributed by atoms with van der Waals surface area (Å²) in [5.74, 6) is 0. The molecule has 3 heteroatoms. The smallest absolute Gasteiger partial charge is 0.0678 e. The molecule has 96 valence electrons. The van der Waals surface area contributed by atoms with Crippen LogP contribution in [0.15, 0.2) is 0 Å². The first-order chi connectivity index (χ1) is 7.52. The molecular formula is C13H28N2O. The molecule has 0 spiro atoms. The van der Waals surface area contributed by atoms with Crippen molar-refractivity contribution < 1.29 is 4.74 Å². The highest BCUT2D eigenvalue weighted by Gasteiger charge is 2.26. The average Bonchev–Trinajstić information content (AvgIpc) is 2.16. The van der Waals surface area contributed by atoms with E-state index in [1.165, 1.54) is 6.42 Å². The zero-order valence-corrected chi connectivity index (χ0v) is 11.5. The molecule has 1 fully saturated rings. The van der Waals surface area contributed by atoms with Gasteiger partial charge in [0.05, 0.1) is 12.2 Å². The summed E-state index contributed by atoms with van der Waals surface area (Å²) < 4.78 is 5.77. The minimum atomic E-state index is 0.372. The summed E-state index contributed by atoms with van der Waals surface area (Å²) in [5.41, 5.74) is 0. The van der Waals surface area contributed by atoms with Crippen LogP contribution in [-0.2, 0) is 4.74 Å². The summed E-state index contributed by atoms with van der Waals surface area (Å²) in [4.78, 5) is 2.58. The molecule has 1 aliphatic heterocycles. The third-order valence-electron chi connectivity index (χ3n) is 3.20. The summed E-state index contributed by atoms with van der Waals surface area (Å²) >= 11 is 0. The fourth-order valence-electron chi connectivity index (χ4n) is 2.42. The molecule has 0 aromatic rings. The number of hydrogen-bond donors (Lipinski definition) is 1. The van der Waals surface area contributed by atoms with Crippen LogP contribution < -0.4 is 5.32 Å². The molecule has 0 radical (unpaired) electrons. The SMILES string of the molecule is CCC(CNC(C)C)N1C[C@@H](C)O[C@@H](C)C1. The van der Waals surface area contributed by atoms with Crippen molar-refractivity contribution >= 4 is 0 Å². The molecule has 1 saturated heterocycles. The first-order valence-corrected chi connectivity index (χ1v) is 6.65. The summed E-state index contributed by atoms with van der Waals surface area (Å²) in [5, 5.41) is 3.54. The van der Waals surface area contributed by atoms with Crippen molar-refractivity contribution in [3.8, 4) is 0 Å². The topological polar surface area (TPSA) is 24.5 Å². The van der Waals surface area contributed by atoms with Gasteiger partial charge in [-0.25, -0.2) is 0 Å². The molecule has 0 bridgehead atoms. The van der Waals surface area contributed by atoms with Gasteiger partial charge in [0.25, 0.3) is 0 Å². The summed E-state index contributed by atoms with van der Waals surface area (Å²) in [6.07, 6.45) is 1.95. The van der Waals surface area contributed by atoms with Crippen molar-refractivity contribution in [2.45, 2.75) is 65.3 Å². The largest absolute Gasteiger partial charge is 0.373 e. The molecule has 0 saturated carbocycles. The minimum absolute atomic E-state index is 0.372. The lowest BCUT2D eigenvalue weighted by Crippen LogP contribution is -2.53. The van der Waals surface area contributed by atoms with Crippen molar-refractivity contribution in [1.29, 1.82) is 0 Å². The third kappa shape index (κ3) is 4.40. The van der Waals surface area contributed by atoms with Crippen LogP contribution in [0.2, 0.25) is 0 Å². The van der Waals surface area contributed by atoms with Crippen LogP contribution in [0.25, 0.3) is 0 Å². The van der Waals surface area contributed by atoms with Gasteiger partial charge in [0, 0.05) is 31.7 Å². The van der Waals surface area contributed by atoms with Crippen molar-refractivity contribution in [2.75, 3.05) is 19.6 Å². The highest BCUT2D eigenvalue weighted by Crippen LogP contribution is 2.15. The second kappa shape index (κ2) is 6.58. The minimum Gasteiger partial charge on any atom is -0.373 e. The van der Waals surface area contributed by atoms with E-state index in [4.69, 9.17) is 4.74 Å². The predicted octanol–water partition coefficient (Wildman–Crippen LogP) is 1.87. The van der Waals surface area contributed by atoms with E-state index < -0.39 is 0 Å². The molecule has 1 rings (SSSR count). The quantitative estimate of drug-likeness (QED) is 0.777. The van der Waals surface area contributed by atoms with Crippen molar-refractivity contribution in [3.05, 3.63) is 0 Å². The predicted molar refractivity (Wildman–Crippen MR) is 68.8 cm³/mol. The fourth-order valence-corrected chi connectivity index (χ4v) is 2.42. The van der Waals surface area contributed by atoms with Gasteiger partial charge < -0.3 is 10.1 Å². The van der Waals surface area contributed by atoms with E-state index in [1.807, 2.05) is 0 Å². The van der Waals surface area contributed by atoms with E-state index in [1.54, 1.807) is 0 Å². The maximum absolute atomic E-state index is 5.77.